The summed E-state index contributed by atoms with van der Waals surface area (Å²) in [5.41, 5.74) is -0.522. The summed E-state index contributed by atoms with van der Waals surface area (Å²) in [5.74, 6) is -0.244. The first-order valence-corrected chi connectivity index (χ1v) is 6.45. The number of H-pyrrole nitrogens is 1. The van der Waals surface area contributed by atoms with Crippen molar-refractivity contribution in [2.75, 3.05) is 0 Å². The van der Waals surface area contributed by atoms with Crippen molar-refractivity contribution < 1.29 is 4.79 Å². The molecule has 1 fully saturated rings. The normalized spacial score (nSPS) is 21.3. The van der Waals surface area contributed by atoms with Crippen LogP contribution in [0.3, 0.4) is 0 Å². The SMILES string of the molecule is CC1(C)CCC(NC(=O)Cn2[nH]c(=O)ccc2=O)C1. The van der Waals surface area contributed by atoms with Crippen molar-refractivity contribution in [2.45, 2.75) is 45.7 Å². The van der Waals surface area contributed by atoms with Crippen LogP contribution in [-0.2, 0) is 11.3 Å². The van der Waals surface area contributed by atoms with Gasteiger partial charge in [0.15, 0.2) is 0 Å². The zero-order valence-electron chi connectivity index (χ0n) is 11.2. The van der Waals surface area contributed by atoms with Crippen LogP contribution in [0.4, 0.5) is 0 Å². The van der Waals surface area contributed by atoms with Gasteiger partial charge in [-0.2, -0.15) is 0 Å². The Bertz CT molecular complexity index is 585. The van der Waals surface area contributed by atoms with Gasteiger partial charge >= 0.3 is 0 Å². The minimum atomic E-state index is -0.394. The number of hydrogen-bond acceptors (Lipinski definition) is 3. The molecule has 2 rings (SSSR count). The van der Waals surface area contributed by atoms with Crippen molar-refractivity contribution in [1.82, 2.24) is 15.1 Å². The van der Waals surface area contributed by atoms with Gasteiger partial charge in [-0.25, -0.2) is 4.68 Å². The largest absolute Gasteiger partial charge is 0.352 e. The highest BCUT2D eigenvalue weighted by Crippen LogP contribution is 2.36. The highest BCUT2D eigenvalue weighted by Gasteiger charge is 2.31. The number of hydrogen-bond donors (Lipinski definition) is 2. The number of nitrogens with one attached hydrogen (secondary N) is 2. The lowest BCUT2D eigenvalue weighted by molar-refractivity contribution is -0.122. The molecule has 0 spiro atoms. The molecule has 6 nitrogen and oxygen atoms in total. The smallest absolute Gasteiger partial charge is 0.265 e. The van der Waals surface area contributed by atoms with Gasteiger partial charge in [0, 0.05) is 18.2 Å². The predicted molar refractivity (Wildman–Crippen MR) is 70.9 cm³/mol. The van der Waals surface area contributed by atoms with Crippen LogP contribution < -0.4 is 16.4 Å². The molecular formula is C13H19N3O3. The van der Waals surface area contributed by atoms with Gasteiger partial charge in [-0.3, -0.25) is 19.5 Å². The van der Waals surface area contributed by atoms with E-state index in [4.69, 9.17) is 0 Å². The van der Waals surface area contributed by atoms with Crippen LogP contribution >= 0.6 is 0 Å². The van der Waals surface area contributed by atoms with Crippen LogP contribution in [0.5, 0.6) is 0 Å². The number of nitrogens with zero attached hydrogens (tertiary/aromatic N) is 1. The van der Waals surface area contributed by atoms with E-state index in [1.54, 1.807) is 0 Å². The van der Waals surface area contributed by atoms with E-state index in [0.717, 1.165) is 36.1 Å². The van der Waals surface area contributed by atoms with Crippen molar-refractivity contribution in [1.29, 1.82) is 0 Å². The van der Waals surface area contributed by atoms with Crippen LogP contribution in [0.1, 0.15) is 33.1 Å². The van der Waals surface area contributed by atoms with Crippen LogP contribution in [-0.4, -0.2) is 21.7 Å². The molecule has 2 N–H and O–H groups in total. The molecule has 1 aliphatic rings. The average molecular weight is 265 g/mol. The van der Waals surface area contributed by atoms with Crippen LogP contribution in [0, 0.1) is 5.41 Å². The van der Waals surface area contributed by atoms with E-state index in [9.17, 15) is 14.4 Å². The summed E-state index contributed by atoms with van der Waals surface area (Å²) in [6.07, 6.45) is 2.98. The molecular weight excluding hydrogens is 246 g/mol. The molecule has 1 unspecified atom stereocenters. The molecule has 104 valence electrons. The molecule has 1 aliphatic carbocycles. The zero-order valence-corrected chi connectivity index (χ0v) is 11.2. The van der Waals surface area contributed by atoms with Gasteiger partial charge < -0.3 is 5.32 Å². The molecule has 1 heterocycles. The number of carbonyl (C=O) groups excluding carboxylic acids is 1. The summed E-state index contributed by atoms with van der Waals surface area (Å²) in [4.78, 5) is 34.4. The van der Waals surface area contributed by atoms with Gasteiger partial charge in [-0.05, 0) is 24.7 Å². The maximum atomic E-state index is 11.9. The van der Waals surface area contributed by atoms with Crippen LogP contribution in [0.15, 0.2) is 21.7 Å². The number of carbonyl (C=O) groups is 1. The van der Waals surface area contributed by atoms with Crippen LogP contribution in [0.25, 0.3) is 0 Å². The van der Waals surface area contributed by atoms with Gasteiger partial charge in [0.1, 0.15) is 6.54 Å². The topological polar surface area (TPSA) is 84.0 Å². The maximum Gasteiger partial charge on any atom is 0.265 e. The van der Waals surface area contributed by atoms with Crippen molar-refractivity contribution in [3.63, 3.8) is 0 Å². The summed E-state index contributed by atoms with van der Waals surface area (Å²) in [5, 5.41) is 5.24. The second-order valence-electron chi connectivity index (χ2n) is 5.91. The molecule has 1 amide bonds. The average Bonchev–Trinajstić information content (AvgIpc) is 2.63. The first-order valence-electron chi connectivity index (χ1n) is 6.45. The number of rotatable bonds is 3. The Balaban J connectivity index is 1.97. The van der Waals surface area contributed by atoms with E-state index in [0.29, 0.717) is 0 Å². The molecule has 1 aromatic heterocycles. The van der Waals surface area contributed by atoms with E-state index < -0.39 is 5.56 Å². The first-order chi connectivity index (χ1) is 8.85. The fraction of sp³-hybridized carbons (Fsp3) is 0.615. The van der Waals surface area contributed by atoms with Gasteiger partial charge in [0.05, 0.1) is 0 Å². The standard InChI is InChI=1S/C13H19N3O3/c1-13(2)6-5-9(7-13)14-11(18)8-16-12(19)4-3-10(17)15-16/h3-4,9H,5-8H2,1-2H3,(H,14,18)(H,15,17). The van der Waals surface area contributed by atoms with Gasteiger partial charge in [-0.15, -0.1) is 0 Å². The van der Waals surface area contributed by atoms with Crippen molar-refractivity contribution in [3.05, 3.63) is 32.8 Å². The highest BCUT2D eigenvalue weighted by molar-refractivity contribution is 5.75. The van der Waals surface area contributed by atoms with E-state index >= 15 is 0 Å². The Hall–Kier alpha value is -1.85. The van der Waals surface area contributed by atoms with Crippen molar-refractivity contribution in [3.8, 4) is 0 Å². The molecule has 19 heavy (non-hydrogen) atoms. The quantitative estimate of drug-likeness (QED) is 0.820. The number of amides is 1. The van der Waals surface area contributed by atoms with E-state index in [-0.39, 0.29) is 29.5 Å². The third-order valence-electron chi connectivity index (χ3n) is 3.52. The summed E-state index contributed by atoms with van der Waals surface area (Å²) in [7, 11) is 0. The fourth-order valence-corrected chi connectivity index (χ4v) is 2.56. The summed E-state index contributed by atoms with van der Waals surface area (Å²) < 4.78 is 1.03. The third-order valence-corrected chi connectivity index (χ3v) is 3.52. The highest BCUT2D eigenvalue weighted by atomic mass is 16.2. The molecule has 6 heteroatoms. The second kappa shape index (κ2) is 5.03. The lowest BCUT2D eigenvalue weighted by atomic mass is 9.92. The Morgan fingerprint density at radius 2 is 2.21 bits per heavy atom. The molecule has 0 aliphatic heterocycles. The number of aromatic amines is 1. The minimum absolute atomic E-state index is 0.147. The summed E-state index contributed by atoms with van der Waals surface area (Å²) in [6.45, 7) is 4.21. The number of aromatic nitrogens is 2. The molecule has 1 atom stereocenters. The Morgan fingerprint density at radius 1 is 1.47 bits per heavy atom. The predicted octanol–water partition coefficient (Wildman–Crippen LogP) is 0.231. The minimum Gasteiger partial charge on any atom is -0.352 e. The van der Waals surface area contributed by atoms with E-state index in [1.807, 2.05) is 0 Å². The second-order valence-corrected chi connectivity index (χ2v) is 5.91. The summed E-state index contributed by atoms with van der Waals surface area (Å²) >= 11 is 0. The molecule has 0 saturated heterocycles. The third kappa shape index (κ3) is 3.56. The molecule has 1 aromatic rings. The fourth-order valence-electron chi connectivity index (χ4n) is 2.56. The first kappa shape index (κ1) is 13.6. The van der Waals surface area contributed by atoms with Crippen LogP contribution in [0.2, 0.25) is 0 Å². The molecule has 0 aromatic carbocycles. The molecule has 0 bridgehead atoms. The molecule has 0 radical (unpaired) electrons. The zero-order chi connectivity index (χ0) is 14.0. The summed E-state index contributed by atoms with van der Waals surface area (Å²) in [6, 6.07) is 2.47. The molecule has 1 saturated carbocycles. The van der Waals surface area contributed by atoms with Crippen molar-refractivity contribution >= 4 is 5.91 Å². The van der Waals surface area contributed by atoms with Gasteiger partial charge in [0.25, 0.3) is 11.1 Å². The Labute approximate surface area is 110 Å². The lowest BCUT2D eigenvalue weighted by Crippen LogP contribution is -2.39. The van der Waals surface area contributed by atoms with Crippen molar-refractivity contribution in [2.24, 2.45) is 5.41 Å². The maximum absolute atomic E-state index is 11.9. The van der Waals surface area contributed by atoms with Gasteiger partial charge in [-0.1, -0.05) is 13.8 Å². The Morgan fingerprint density at radius 3 is 2.84 bits per heavy atom. The van der Waals surface area contributed by atoms with E-state index in [2.05, 4.69) is 24.3 Å². The Kier molecular flexibility index (Phi) is 3.59. The van der Waals surface area contributed by atoms with Gasteiger partial charge in [0.2, 0.25) is 5.91 Å². The van der Waals surface area contributed by atoms with E-state index in [1.165, 1.54) is 0 Å². The monoisotopic (exact) mass is 265 g/mol. The lowest BCUT2D eigenvalue weighted by Gasteiger charge is -2.18.